The molecule has 0 fully saturated rings. The van der Waals surface area contributed by atoms with Gasteiger partial charge in [-0.25, -0.2) is 0 Å². The lowest BCUT2D eigenvalue weighted by Crippen LogP contribution is -2.26. The molecule has 0 saturated carbocycles. The van der Waals surface area contributed by atoms with Crippen molar-refractivity contribution in [3.63, 3.8) is 0 Å². The average Bonchev–Trinajstić information content (AvgIpc) is 2.38. The van der Waals surface area contributed by atoms with Crippen molar-refractivity contribution < 1.29 is 14.6 Å². The van der Waals surface area contributed by atoms with Gasteiger partial charge in [0.25, 0.3) is 0 Å². The maximum absolute atomic E-state index is 10.9. The van der Waals surface area contributed by atoms with Gasteiger partial charge in [-0.1, -0.05) is 26.0 Å². The number of carboxylic acid groups (broad SMARTS) is 1. The second-order valence-corrected chi connectivity index (χ2v) is 4.77. The molecule has 0 spiro atoms. The van der Waals surface area contributed by atoms with Gasteiger partial charge in [-0.2, -0.15) is 0 Å². The molecule has 0 bridgehead atoms. The van der Waals surface area contributed by atoms with Crippen LogP contribution in [0.1, 0.15) is 37.4 Å². The predicted octanol–water partition coefficient (Wildman–Crippen LogP) is 2.63. The fourth-order valence-corrected chi connectivity index (χ4v) is 2.39. The zero-order chi connectivity index (χ0) is 14.4. The molecule has 4 nitrogen and oxygen atoms in total. The standard InChI is InChI=1S/C15H23NO3/c1-5-11-6-7-13(19-4)12(9-11)15(16-3)10(2)8-14(17)18/h6-7,9-10,15-16H,5,8H2,1-4H3,(H,17,18). The third kappa shape index (κ3) is 3.96. The lowest BCUT2D eigenvalue weighted by Gasteiger charge is -2.25. The minimum atomic E-state index is -0.779. The number of ether oxygens (including phenoxy) is 1. The quantitative estimate of drug-likeness (QED) is 0.795. The van der Waals surface area contributed by atoms with E-state index in [1.165, 1.54) is 5.56 Å². The number of carbonyl (C=O) groups is 1. The Hall–Kier alpha value is -1.55. The van der Waals surface area contributed by atoms with E-state index in [0.29, 0.717) is 0 Å². The van der Waals surface area contributed by atoms with Gasteiger partial charge in [-0.15, -0.1) is 0 Å². The molecule has 0 saturated heterocycles. The molecule has 0 aliphatic rings. The maximum Gasteiger partial charge on any atom is 0.303 e. The van der Waals surface area contributed by atoms with E-state index < -0.39 is 5.97 Å². The van der Waals surface area contributed by atoms with E-state index in [9.17, 15) is 4.79 Å². The summed E-state index contributed by atoms with van der Waals surface area (Å²) in [7, 11) is 3.49. The number of benzene rings is 1. The second kappa shape index (κ2) is 7.14. The molecule has 0 heterocycles. The largest absolute Gasteiger partial charge is 0.496 e. The summed E-state index contributed by atoms with van der Waals surface area (Å²) in [6, 6.07) is 6.05. The third-order valence-corrected chi connectivity index (χ3v) is 3.41. The normalized spacial score (nSPS) is 13.9. The van der Waals surface area contributed by atoms with E-state index >= 15 is 0 Å². The van der Waals surface area contributed by atoms with Crippen molar-refractivity contribution in [2.75, 3.05) is 14.2 Å². The summed E-state index contributed by atoms with van der Waals surface area (Å²) in [6.45, 7) is 4.04. The van der Waals surface area contributed by atoms with Crippen molar-refractivity contribution >= 4 is 5.97 Å². The first-order valence-corrected chi connectivity index (χ1v) is 6.59. The van der Waals surface area contributed by atoms with Gasteiger partial charge in [-0.05, 0) is 31.0 Å². The number of aryl methyl sites for hydroxylation is 1. The zero-order valence-corrected chi connectivity index (χ0v) is 12.1. The molecule has 0 amide bonds. The summed E-state index contributed by atoms with van der Waals surface area (Å²) in [5.74, 6) is 0.00987. The number of rotatable bonds is 7. The minimum Gasteiger partial charge on any atom is -0.496 e. The van der Waals surface area contributed by atoms with Gasteiger partial charge in [0, 0.05) is 18.0 Å². The van der Waals surface area contributed by atoms with Gasteiger partial charge in [0.1, 0.15) is 5.75 Å². The highest BCUT2D eigenvalue weighted by Crippen LogP contribution is 2.32. The summed E-state index contributed by atoms with van der Waals surface area (Å²) < 4.78 is 5.40. The topological polar surface area (TPSA) is 58.6 Å². The maximum atomic E-state index is 10.9. The molecule has 4 heteroatoms. The molecular formula is C15H23NO3. The fourth-order valence-electron chi connectivity index (χ4n) is 2.39. The summed E-state index contributed by atoms with van der Waals surface area (Å²) in [6.07, 6.45) is 1.08. The van der Waals surface area contributed by atoms with Gasteiger partial charge >= 0.3 is 5.97 Å². The van der Waals surface area contributed by atoms with Crippen molar-refractivity contribution in [3.05, 3.63) is 29.3 Å². The molecule has 19 heavy (non-hydrogen) atoms. The number of aliphatic carboxylic acids is 1. The van der Waals surface area contributed by atoms with Crippen LogP contribution in [0.25, 0.3) is 0 Å². The third-order valence-electron chi connectivity index (χ3n) is 3.41. The van der Waals surface area contributed by atoms with E-state index in [1.54, 1.807) is 7.11 Å². The van der Waals surface area contributed by atoms with Crippen LogP contribution in [0.15, 0.2) is 18.2 Å². The molecule has 0 aliphatic carbocycles. The lowest BCUT2D eigenvalue weighted by molar-refractivity contribution is -0.138. The van der Waals surface area contributed by atoms with E-state index in [2.05, 4.69) is 18.3 Å². The highest BCUT2D eigenvalue weighted by Gasteiger charge is 2.23. The Morgan fingerprint density at radius 3 is 2.63 bits per heavy atom. The number of methoxy groups -OCH3 is 1. The number of hydrogen-bond acceptors (Lipinski definition) is 3. The number of nitrogens with one attached hydrogen (secondary N) is 1. The van der Waals surface area contributed by atoms with Crippen LogP contribution in [0.5, 0.6) is 5.75 Å². The first kappa shape index (κ1) is 15.5. The van der Waals surface area contributed by atoms with Crippen LogP contribution in [-0.2, 0) is 11.2 Å². The van der Waals surface area contributed by atoms with Crippen molar-refractivity contribution in [3.8, 4) is 5.75 Å². The lowest BCUT2D eigenvalue weighted by atomic mass is 9.90. The summed E-state index contributed by atoms with van der Waals surface area (Å²) >= 11 is 0. The molecule has 1 aromatic rings. The van der Waals surface area contributed by atoms with Crippen molar-refractivity contribution in [1.82, 2.24) is 5.32 Å². The van der Waals surface area contributed by atoms with Crippen molar-refractivity contribution in [2.45, 2.75) is 32.7 Å². The molecule has 2 unspecified atom stereocenters. The molecule has 2 atom stereocenters. The molecule has 2 N–H and O–H groups in total. The Bertz CT molecular complexity index is 431. The van der Waals surface area contributed by atoms with Gasteiger partial charge in [-0.3, -0.25) is 4.79 Å². The van der Waals surface area contributed by atoms with E-state index in [0.717, 1.165) is 17.7 Å². The molecule has 0 radical (unpaired) electrons. The minimum absolute atomic E-state index is 0.0106. The highest BCUT2D eigenvalue weighted by molar-refractivity contribution is 5.67. The highest BCUT2D eigenvalue weighted by atomic mass is 16.5. The van der Waals surface area contributed by atoms with Crippen molar-refractivity contribution in [1.29, 1.82) is 0 Å². The van der Waals surface area contributed by atoms with Crippen LogP contribution in [0.3, 0.4) is 0 Å². The number of hydrogen-bond donors (Lipinski definition) is 2. The van der Waals surface area contributed by atoms with E-state index in [-0.39, 0.29) is 18.4 Å². The molecule has 106 valence electrons. The smallest absolute Gasteiger partial charge is 0.303 e. The predicted molar refractivity (Wildman–Crippen MR) is 75.6 cm³/mol. The Morgan fingerprint density at radius 1 is 1.47 bits per heavy atom. The Morgan fingerprint density at radius 2 is 2.16 bits per heavy atom. The van der Waals surface area contributed by atoms with Crippen LogP contribution in [0, 0.1) is 5.92 Å². The van der Waals surface area contributed by atoms with Gasteiger partial charge in [0.2, 0.25) is 0 Å². The van der Waals surface area contributed by atoms with Crippen LogP contribution in [0.2, 0.25) is 0 Å². The fraction of sp³-hybridized carbons (Fsp3) is 0.533. The Balaban J connectivity index is 3.11. The van der Waals surface area contributed by atoms with Crippen LogP contribution in [-0.4, -0.2) is 25.2 Å². The van der Waals surface area contributed by atoms with Gasteiger partial charge in [0.05, 0.1) is 7.11 Å². The van der Waals surface area contributed by atoms with Crippen LogP contribution < -0.4 is 10.1 Å². The Kier molecular flexibility index (Phi) is 5.83. The first-order chi connectivity index (χ1) is 9.03. The first-order valence-electron chi connectivity index (χ1n) is 6.59. The molecule has 1 aromatic carbocycles. The Labute approximate surface area is 114 Å². The van der Waals surface area contributed by atoms with Crippen LogP contribution in [0.4, 0.5) is 0 Å². The summed E-state index contributed by atoms with van der Waals surface area (Å²) in [5, 5.41) is 12.1. The van der Waals surface area contributed by atoms with Gasteiger partial charge in [0.15, 0.2) is 0 Å². The van der Waals surface area contributed by atoms with E-state index in [4.69, 9.17) is 9.84 Å². The monoisotopic (exact) mass is 265 g/mol. The van der Waals surface area contributed by atoms with Gasteiger partial charge < -0.3 is 15.2 Å². The summed E-state index contributed by atoms with van der Waals surface area (Å²) in [4.78, 5) is 10.9. The second-order valence-electron chi connectivity index (χ2n) is 4.77. The molecule has 1 rings (SSSR count). The van der Waals surface area contributed by atoms with Crippen LogP contribution >= 0.6 is 0 Å². The van der Waals surface area contributed by atoms with E-state index in [1.807, 2.05) is 26.1 Å². The molecule has 0 aromatic heterocycles. The molecule has 0 aliphatic heterocycles. The average molecular weight is 265 g/mol. The summed E-state index contributed by atoms with van der Waals surface area (Å²) in [5.41, 5.74) is 2.25. The van der Waals surface area contributed by atoms with Crippen molar-refractivity contribution in [2.24, 2.45) is 5.92 Å². The number of carboxylic acids is 1. The SMILES string of the molecule is CCc1ccc(OC)c(C(NC)C(C)CC(=O)O)c1. The molecular weight excluding hydrogens is 242 g/mol. The zero-order valence-electron chi connectivity index (χ0n) is 12.1.